The van der Waals surface area contributed by atoms with Crippen molar-refractivity contribution in [2.24, 2.45) is 0 Å². The molecule has 2 aromatic rings. The Morgan fingerprint density at radius 1 is 1.00 bits per heavy atom. The van der Waals surface area contributed by atoms with E-state index in [-0.39, 0.29) is 11.9 Å². The fourth-order valence-electron chi connectivity index (χ4n) is 3.69. The van der Waals surface area contributed by atoms with Crippen molar-refractivity contribution in [3.05, 3.63) is 64.2 Å². The normalized spacial score (nSPS) is 13.6. The third-order valence-electron chi connectivity index (χ3n) is 5.18. The molecule has 1 N–H and O–H groups in total. The van der Waals surface area contributed by atoms with E-state index in [4.69, 9.17) is 0 Å². The Balaban J connectivity index is 2.39. The Hall–Kier alpha value is -2.34. The summed E-state index contributed by atoms with van der Waals surface area (Å²) in [5.74, 6) is -0.300. The average Bonchev–Trinajstić information content (AvgIpc) is 2.60. The van der Waals surface area contributed by atoms with E-state index in [1.807, 2.05) is 71.9 Å². The summed E-state index contributed by atoms with van der Waals surface area (Å²) in [4.78, 5) is 13.2. The van der Waals surface area contributed by atoms with Crippen molar-refractivity contribution in [1.29, 1.82) is 0 Å². The van der Waals surface area contributed by atoms with Crippen LogP contribution in [0.3, 0.4) is 0 Å². The fraction of sp³-hybridized carbons (Fsp3) is 0.435. The molecular weight excluding hydrogens is 384 g/mol. The van der Waals surface area contributed by atoms with Gasteiger partial charge in [0.25, 0.3) is 0 Å². The quantitative estimate of drug-likeness (QED) is 0.730. The summed E-state index contributed by atoms with van der Waals surface area (Å²) in [5, 5.41) is 3.02. The highest BCUT2D eigenvalue weighted by Gasteiger charge is 2.33. The van der Waals surface area contributed by atoms with E-state index in [1.165, 1.54) is 4.31 Å². The van der Waals surface area contributed by atoms with Crippen molar-refractivity contribution in [2.45, 2.75) is 60.0 Å². The Labute approximate surface area is 175 Å². The first-order chi connectivity index (χ1) is 13.5. The van der Waals surface area contributed by atoms with Gasteiger partial charge in [0.2, 0.25) is 15.9 Å². The van der Waals surface area contributed by atoms with Crippen LogP contribution in [0.15, 0.2) is 36.4 Å². The first-order valence-corrected chi connectivity index (χ1v) is 11.7. The number of hydrogen-bond acceptors (Lipinski definition) is 3. The number of anilines is 1. The second kappa shape index (κ2) is 8.99. The molecule has 0 aliphatic heterocycles. The Bertz CT molecular complexity index is 999. The minimum absolute atomic E-state index is 0.225. The Kier molecular flexibility index (Phi) is 7.11. The number of sulfonamides is 1. The largest absolute Gasteiger partial charge is 0.348 e. The lowest BCUT2D eigenvalue weighted by atomic mass is 10.00. The highest BCUT2D eigenvalue weighted by atomic mass is 32.2. The van der Waals surface area contributed by atoms with Gasteiger partial charge in [0.15, 0.2) is 0 Å². The van der Waals surface area contributed by atoms with Gasteiger partial charge in [-0.1, -0.05) is 42.8 Å². The number of carbonyl (C=O) groups is 1. The number of carbonyl (C=O) groups excluding carboxylic acids is 1. The first-order valence-electron chi connectivity index (χ1n) is 9.89. The lowest BCUT2D eigenvalue weighted by Gasteiger charge is -2.32. The van der Waals surface area contributed by atoms with Gasteiger partial charge in [-0.3, -0.25) is 9.10 Å². The van der Waals surface area contributed by atoms with Crippen LogP contribution in [-0.2, 0) is 14.8 Å². The van der Waals surface area contributed by atoms with Crippen LogP contribution in [0.25, 0.3) is 0 Å². The van der Waals surface area contributed by atoms with E-state index in [0.29, 0.717) is 12.1 Å². The molecule has 0 saturated heterocycles. The first kappa shape index (κ1) is 22.9. The molecule has 0 radical (unpaired) electrons. The molecule has 0 spiro atoms. The predicted molar refractivity (Wildman–Crippen MR) is 120 cm³/mol. The molecule has 158 valence electrons. The van der Waals surface area contributed by atoms with Gasteiger partial charge in [0, 0.05) is 0 Å². The van der Waals surface area contributed by atoms with Crippen LogP contribution in [-0.4, -0.2) is 26.6 Å². The molecule has 0 aliphatic carbocycles. The molecule has 5 nitrogen and oxygen atoms in total. The second-order valence-corrected chi connectivity index (χ2v) is 9.72. The number of rotatable bonds is 7. The lowest BCUT2D eigenvalue weighted by molar-refractivity contribution is -0.122. The lowest BCUT2D eigenvalue weighted by Crippen LogP contribution is -2.50. The molecule has 1 amide bonds. The Morgan fingerprint density at radius 3 is 2.14 bits per heavy atom. The highest BCUT2D eigenvalue weighted by Crippen LogP contribution is 2.28. The van der Waals surface area contributed by atoms with E-state index in [9.17, 15) is 13.2 Å². The highest BCUT2D eigenvalue weighted by molar-refractivity contribution is 7.92. The van der Waals surface area contributed by atoms with Gasteiger partial charge >= 0.3 is 0 Å². The van der Waals surface area contributed by atoms with Gasteiger partial charge in [0.05, 0.1) is 18.0 Å². The number of nitrogens with one attached hydrogen (secondary N) is 1. The van der Waals surface area contributed by atoms with Crippen molar-refractivity contribution < 1.29 is 13.2 Å². The molecule has 29 heavy (non-hydrogen) atoms. The van der Waals surface area contributed by atoms with Gasteiger partial charge in [-0.05, 0) is 69.4 Å². The maximum atomic E-state index is 13.2. The van der Waals surface area contributed by atoms with Gasteiger partial charge < -0.3 is 5.32 Å². The van der Waals surface area contributed by atoms with Gasteiger partial charge in [-0.25, -0.2) is 8.42 Å². The van der Waals surface area contributed by atoms with Crippen molar-refractivity contribution in [1.82, 2.24) is 5.32 Å². The molecule has 0 aromatic heterocycles. The Morgan fingerprint density at radius 2 is 1.59 bits per heavy atom. The van der Waals surface area contributed by atoms with Crippen molar-refractivity contribution >= 4 is 21.6 Å². The minimum Gasteiger partial charge on any atom is -0.348 e. The van der Waals surface area contributed by atoms with Crippen LogP contribution in [0.4, 0.5) is 5.69 Å². The van der Waals surface area contributed by atoms with Crippen LogP contribution in [0, 0.1) is 27.7 Å². The van der Waals surface area contributed by atoms with E-state index in [2.05, 4.69) is 11.4 Å². The van der Waals surface area contributed by atoms with Gasteiger partial charge in [0.1, 0.15) is 6.04 Å². The number of benzene rings is 2. The van der Waals surface area contributed by atoms with Crippen LogP contribution < -0.4 is 9.62 Å². The zero-order valence-corrected chi connectivity index (χ0v) is 19.2. The van der Waals surface area contributed by atoms with Crippen molar-refractivity contribution in [3.63, 3.8) is 0 Å². The maximum Gasteiger partial charge on any atom is 0.244 e. The number of aryl methyl sites for hydroxylation is 4. The molecule has 2 rings (SSSR count). The molecule has 0 fully saturated rings. The molecular formula is C23H32N2O3S. The summed E-state index contributed by atoms with van der Waals surface area (Å²) in [7, 11) is -3.66. The molecule has 6 heteroatoms. The van der Waals surface area contributed by atoms with Crippen LogP contribution in [0.1, 0.15) is 54.1 Å². The zero-order valence-electron chi connectivity index (χ0n) is 18.4. The van der Waals surface area contributed by atoms with Crippen molar-refractivity contribution in [3.8, 4) is 0 Å². The standard InChI is InChI=1S/C23H32N2O3S/c1-8-21(23(26)24-19(6)20-12-10-15(2)13-18(20)5)25(29(7,27)28)22-14-16(3)9-11-17(22)4/h9-14,19,21H,8H2,1-7H3,(H,24,26)/t19-,21+/m0/s1. The molecule has 0 bridgehead atoms. The molecule has 2 aromatic carbocycles. The van der Waals surface area contributed by atoms with Gasteiger partial charge in [-0.2, -0.15) is 0 Å². The maximum absolute atomic E-state index is 13.2. The smallest absolute Gasteiger partial charge is 0.244 e. The summed E-state index contributed by atoms with van der Waals surface area (Å²) in [6, 6.07) is 10.7. The monoisotopic (exact) mass is 416 g/mol. The average molecular weight is 417 g/mol. The molecule has 0 aliphatic rings. The predicted octanol–water partition coefficient (Wildman–Crippen LogP) is 4.34. The summed E-state index contributed by atoms with van der Waals surface area (Å²) in [6.07, 6.45) is 1.52. The van der Waals surface area contributed by atoms with E-state index in [0.717, 1.165) is 34.1 Å². The zero-order chi connectivity index (χ0) is 21.9. The molecule has 0 saturated carbocycles. The SMILES string of the molecule is CC[C@H](C(=O)N[C@@H](C)c1ccc(C)cc1C)N(c1cc(C)ccc1C)S(C)(=O)=O. The number of amides is 1. The molecule has 2 atom stereocenters. The topological polar surface area (TPSA) is 66.5 Å². The summed E-state index contributed by atoms with van der Waals surface area (Å²) in [5.41, 5.74) is 5.59. The van der Waals surface area contributed by atoms with Crippen LogP contribution in [0.5, 0.6) is 0 Å². The summed E-state index contributed by atoms with van der Waals surface area (Å²) < 4.78 is 26.7. The van der Waals surface area contributed by atoms with E-state index < -0.39 is 16.1 Å². The minimum atomic E-state index is -3.66. The van der Waals surface area contributed by atoms with Gasteiger partial charge in [-0.15, -0.1) is 0 Å². The number of nitrogens with zero attached hydrogens (tertiary/aromatic N) is 1. The molecule has 0 heterocycles. The summed E-state index contributed by atoms with van der Waals surface area (Å²) in [6.45, 7) is 11.6. The van der Waals surface area contributed by atoms with Crippen molar-refractivity contribution in [2.75, 3.05) is 10.6 Å². The van der Waals surface area contributed by atoms with Crippen LogP contribution >= 0.6 is 0 Å². The third kappa shape index (κ3) is 5.38. The van der Waals surface area contributed by atoms with Crippen LogP contribution in [0.2, 0.25) is 0 Å². The van der Waals surface area contributed by atoms with E-state index in [1.54, 1.807) is 0 Å². The number of hydrogen-bond donors (Lipinski definition) is 1. The summed E-state index contributed by atoms with van der Waals surface area (Å²) >= 11 is 0. The third-order valence-corrected chi connectivity index (χ3v) is 6.35. The second-order valence-electron chi connectivity index (χ2n) is 7.86. The van der Waals surface area contributed by atoms with E-state index >= 15 is 0 Å². The fourth-order valence-corrected chi connectivity index (χ4v) is 4.95. The molecule has 0 unspecified atom stereocenters.